The van der Waals surface area contributed by atoms with Crippen LogP contribution in [-0.4, -0.2) is 41.3 Å². The fourth-order valence-corrected chi connectivity index (χ4v) is 4.58. The third-order valence-electron chi connectivity index (χ3n) is 4.54. The Morgan fingerprint density at radius 3 is 2.67 bits per heavy atom. The Hall–Kier alpha value is -3.05. The van der Waals surface area contributed by atoms with E-state index in [1.807, 2.05) is 33.8 Å². The zero-order chi connectivity index (χ0) is 21.4. The second-order valence-corrected chi connectivity index (χ2v) is 8.97. The number of thioether (sulfide) groups is 1. The van der Waals surface area contributed by atoms with Crippen LogP contribution in [0.5, 0.6) is 0 Å². The smallest absolute Gasteiger partial charge is 0.272 e. The van der Waals surface area contributed by atoms with Gasteiger partial charge in [0.15, 0.2) is 5.82 Å². The highest BCUT2D eigenvalue weighted by molar-refractivity contribution is 7.99. The molecule has 0 aliphatic rings. The number of rotatable bonds is 5. The Bertz CT molecular complexity index is 1310. The maximum absolute atomic E-state index is 12.7. The minimum Gasteiger partial charge on any atom is -0.272 e. The predicted octanol–water partition coefficient (Wildman–Crippen LogP) is 2.53. The number of hydrogen-bond donors (Lipinski definition) is 1. The highest BCUT2D eigenvalue weighted by Crippen LogP contribution is 2.25. The molecule has 1 N–H and O–H groups in total. The molecule has 1 amide bonds. The molecule has 0 saturated heterocycles. The number of carbonyl (C=O) groups excluding carboxylic acids is 1. The molecular weight excluding hydrogens is 422 g/mol. The molecule has 0 bridgehead atoms. The molecule has 0 unspecified atom stereocenters. The van der Waals surface area contributed by atoms with E-state index >= 15 is 0 Å². The molecule has 9 nitrogen and oxygen atoms in total. The van der Waals surface area contributed by atoms with Gasteiger partial charge in [-0.25, -0.2) is 14.3 Å². The summed E-state index contributed by atoms with van der Waals surface area (Å²) >= 11 is 2.70. The number of aromatic nitrogens is 6. The van der Waals surface area contributed by atoms with Crippen LogP contribution in [0.1, 0.15) is 21.8 Å². The van der Waals surface area contributed by atoms with Gasteiger partial charge in [0.25, 0.3) is 5.56 Å². The molecule has 0 aromatic carbocycles. The molecule has 11 heteroatoms. The van der Waals surface area contributed by atoms with Gasteiger partial charge >= 0.3 is 0 Å². The fourth-order valence-electron chi connectivity index (χ4n) is 2.98. The van der Waals surface area contributed by atoms with Crippen molar-refractivity contribution >= 4 is 39.2 Å². The number of amides is 1. The molecule has 4 aromatic heterocycles. The third kappa shape index (κ3) is 3.85. The van der Waals surface area contributed by atoms with E-state index in [0.29, 0.717) is 21.1 Å². The van der Waals surface area contributed by atoms with Gasteiger partial charge in [-0.1, -0.05) is 11.8 Å². The van der Waals surface area contributed by atoms with Crippen LogP contribution < -0.4 is 11.0 Å². The molecule has 30 heavy (non-hydrogen) atoms. The first-order valence-electron chi connectivity index (χ1n) is 9.11. The van der Waals surface area contributed by atoms with Gasteiger partial charge in [-0.05, 0) is 51.5 Å². The first kappa shape index (κ1) is 20.2. The van der Waals surface area contributed by atoms with E-state index in [0.717, 1.165) is 26.5 Å². The van der Waals surface area contributed by atoms with Crippen molar-refractivity contribution in [2.75, 3.05) is 11.2 Å². The van der Waals surface area contributed by atoms with Crippen molar-refractivity contribution in [3.05, 3.63) is 56.7 Å². The summed E-state index contributed by atoms with van der Waals surface area (Å²) in [5.41, 5.74) is 5.06. The second-order valence-electron chi connectivity index (χ2n) is 6.78. The van der Waals surface area contributed by atoms with Gasteiger partial charge < -0.3 is 0 Å². The van der Waals surface area contributed by atoms with E-state index in [1.165, 1.54) is 29.4 Å². The number of nitrogens with zero attached hydrogens (tertiary/aromatic N) is 6. The molecule has 0 aliphatic carbocycles. The quantitative estimate of drug-likeness (QED) is 0.474. The Balaban J connectivity index is 1.42. The van der Waals surface area contributed by atoms with Gasteiger partial charge in [0.2, 0.25) is 5.91 Å². The van der Waals surface area contributed by atoms with Crippen LogP contribution in [0, 0.1) is 27.7 Å². The lowest BCUT2D eigenvalue weighted by molar-refractivity contribution is -0.114. The van der Waals surface area contributed by atoms with Crippen LogP contribution in [0.3, 0.4) is 0 Å². The first-order chi connectivity index (χ1) is 14.3. The van der Waals surface area contributed by atoms with Crippen molar-refractivity contribution in [2.45, 2.75) is 32.7 Å². The van der Waals surface area contributed by atoms with Gasteiger partial charge in [-0.15, -0.1) is 21.5 Å². The van der Waals surface area contributed by atoms with Crippen LogP contribution in [0.25, 0.3) is 16.0 Å². The summed E-state index contributed by atoms with van der Waals surface area (Å²) in [5, 5.41) is 13.8. The zero-order valence-electron chi connectivity index (χ0n) is 16.8. The van der Waals surface area contributed by atoms with Gasteiger partial charge in [0, 0.05) is 10.6 Å². The Kier molecular flexibility index (Phi) is 5.39. The van der Waals surface area contributed by atoms with Crippen LogP contribution in [-0.2, 0) is 4.79 Å². The number of hydrogen-bond acceptors (Lipinski definition) is 8. The van der Waals surface area contributed by atoms with Crippen molar-refractivity contribution < 1.29 is 4.79 Å². The number of nitrogens with one attached hydrogen (secondary N) is 1. The SMILES string of the molecule is Cc1cc(C)n(-c2ccc(SCC(=O)Nn3cnc4sc(C)c(C)c4c3=O)nn2)n1. The maximum atomic E-state index is 12.7. The number of aryl methyl sites for hydroxylation is 4. The predicted molar refractivity (Wildman–Crippen MR) is 117 cm³/mol. The van der Waals surface area contributed by atoms with E-state index in [9.17, 15) is 9.59 Å². The molecule has 154 valence electrons. The van der Waals surface area contributed by atoms with E-state index in [-0.39, 0.29) is 17.2 Å². The summed E-state index contributed by atoms with van der Waals surface area (Å²) in [6, 6.07) is 5.55. The highest BCUT2D eigenvalue weighted by atomic mass is 32.2. The molecule has 0 radical (unpaired) electrons. The van der Waals surface area contributed by atoms with Crippen molar-refractivity contribution in [2.24, 2.45) is 0 Å². The summed E-state index contributed by atoms with van der Waals surface area (Å²) in [7, 11) is 0. The van der Waals surface area contributed by atoms with Gasteiger partial charge in [0.05, 0.1) is 16.8 Å². The minimum atomic E-state index is -0.336. The minimum absolute atomic E-state index is 0.0834. The van der Waals surface area contributed by atoms with Crippen molar-refractivity contribution in [3.8, 4) is 5.82 Å². The fraction of sp³-hybridized carbons (Fsp3) is 0.263. The summed E-state index contributed by atoms with van der Waals surface area (Å²) in [5.74, 6) is 0.360. The molecule has 4 aromatic rings. The largest absolute Gasteiger partial charge is 0.281 e. The average molecular weight is 442 g/mol. The van der Waals surface area contributed by atoms with Crippen molar-refractivity contribution in [3.63, 3.8) is 0 Å². The standard InChI is InChI=1S/C19H19N7O2S2/c1-10-7-11(2)26(23-10)14-5-6-16(22-21-14)29-8-15(27)24-25-9-20-18-17(19(25)28)12(3)13(4)30-18/h5-7,9H,8H2,1-4H3,(H,24,27). The summed E-state index contributed by atoms with van der Waals surface area (Å²) < 4.78 is 2.84. The van der Waals surface area contributed by atoms with E-state index < -0.39 is 0 Å². The van der Waals surface area contributed by atoms with Crippen molar-refractivity contribution in [1.29, 1.82) is 0 Å². The first-order valence-corrected chi connectivity index (χ1v) is 10.9. The highest BCUT2D eigenvalue weighted by Gasteiger charge is 2.14. The Morgan fingerprint density at radius 1 is 1.20 bits per heavy atom. The lowest BCUT2D eigenvalue weighted by atomic mass is 10.2. The van der Waals surface area contributed by atoms with Crippen molar-refractivity contribution in [1.82, 2.24) is 29.6 Å². The van der Waals surface area contributed by atoms with Gasteiger partial charge in [-0.3, -0.25) is 15.0 Å². The molecule has 0 fully saturated rings. The van der Waals surface area contributed by atoms with Gasteiger partial charge in [0.1, 0.15) is 16.2 Å². The second kappa shape index (κ2) is 8.00. The summed E-state index contributed by atoms with van der Waals surface area (Å²) in [6.07, 6.45) is 1.34. The van der Waals surface area contributed by atoms with Gasteiger partial charge in [-0.2, -0.15) is 5.10 Å². The topological polar surface area (TPSA) is 108 Å². The number of carbonyl (C=O) groups is 1. The lowest BCUT2D eigenvalue weighted by Gasteiger charge is -2.07. The van der Waals surface area contributed by atoms with Crippen LogP contribution in [0.2, 0.25) is 0 Å². The third-order valence-corrected chi connectivity index (χ3v) is 6.57. The number of thiophene rings is 1. The molecule has 0 spiro atoms. The molecule has 4 rings (SSSR count). The summed E-state index contributed by atoms with van der Waals surface area (Å²) in [4.78, 5) is 31.0. The molecule has 0 aliphatic heterocycles. The lowest BCUT2D eigenvalue weighted by Crippen LogP contribution is -2.34. The number of fused-ring (bicyclic) bond motifs is 1. The average Bonchev–Trinajstić information content (AvgIpc) is 3.21. The van der Waals surface area contributed by atoms with Crippen LogP contribution >= 0.6 is 23.1 Å². The maximum Gasteiger partial charge on any atom is 0.281 e. The monoisotopic (exact) mass is 441 g/mol. The normalized spacial score (nSPS) is 11.2. The Labute approximate surface area is 180 Å². The zero-order valence-corrected chi connectivity index (χ0v) is 18.5. The van der Waals surface area contributed by atoms with E-state index in [2.05, 4.69) is 25.7 Å². The van der Waals surface area contributed by atoms with Crippen LogP contribution in [0.15, 0.2) is 34.3 Å². The molecule has 4 heterocycles. The molecule has 0 saturated carbocycles. The molecular formula is C19H19N7O2S2. The molecule has 0 atom stereocenters. The van der Waals surface area contributed by atoms with E-state index in [1.54, 1.807) is 16.8 Å². The van der Waals surface area contributed by atoms with Crippen LogP contribution in [0.4, 0.5) is 0 Å². The summed E-state index contributed by atoms with van der Waals surface area (Å²) in [6.45, 7) is 7.69. The Morgan fingerprint density at radius 2 is 2.00 bits per heavy atom. The van der Waals surface area contributed by atoms with E-state index in [4.69, 9.17) is 0 Å².